The van der Waals surface area contributed by atoms with Gasteiger partial charge in [-0.05, 0) is 37.0 Å². The predicted molar refractivity (Wildman–Crippen MR) is 89.4 cm³/mol. The summed E-state index contributed by atoms with van der Waals surface area (Å²) in [5, 5.41) is 0. The van der Waals surface area contributed by atoms with E-state index in [0.29, 0.717) is 6.42 Å². The molecule has 0 saturated carbocycles. The van der Waals surface area contributed by atoms with Crippen molar-refractivity contribution in [2.24, 2.45) is 0 Å². The monoisotopic (exact) mass is 297 g/mol. The van der Waals surface area contributed by atoms with Crippen LogP contribution in [0.1, 0.15) is 36.5 Å². The van der Waals surface area contributed by atoms with Crippen LogP contribution in [0, 0.1) is 0 Å². The number of fused-ring (bicyclic) bond motifs is 1. The zero-order valence-corrected chi connectivity index (χ0v) is 13.4. The van der Waals surface area contributed by atoms with Gasteiger partial charge in [-0.2, -0.15) is 0 Å². The van der Waals surface area contributed by atoms with Crippen LogP contribution in [-0.2, 0) is 16.0 Å². The zero-order valence-electron chi connectivity index (χ0n) is 13.4. The summed E-state index contributed by atoms with van der Waals surface area (Å²) in [7, 11) is 1.78. The number of rotatable bonds is 3. The SMILES string of the molecule is C=Cc1ccc2c(c1)C(N1CCC(C)(OC)CC1)=CC(=O)C2. The number of hydrogen-bond donors (Lipinski definition) is 0. The Morgan fingerprint density at radius 3 is 2.68 bits per heavy atom. The second-order valence-corrected chi connectivity index (χ2v) is 6.43. The number of ether oxygens (including phenoxy) is 1. The van der Waals surface area contributed by atoms with Crippen LogP contribution in [0.15, 0.2) is 30.9 Å². The lowest BCUT2D eigenvalue weighted by Gasteiger charge is -2.41. The number of piperidine rings is 1. The van der Waals surface area contributed by atoms with E-state index in [1.807, 2.05) is 18.2 Å². The molecule has 0 unspecified atom stereocenters. The summed E-state index contributed by atoms with van der Waals surface area (Å²) in [5.41, 5.74) is 4.42. The van der Waals surface area contributed by atoms with E-state index in [2.05, 4.69) is 30.5 Å². The molecule has 3 nitrogen and oxygen atoms in total. The molecule has 1 aliphatic heterocycles. The molecular weight excluding hydrogens is 274 g/mol. The van der Waals surface area contributed by atoms with Crippen molar-refractivity contribution in [3.8, 4) is 0 Å². The molecule has 1 aromatic rings. The fourth-order valence-electron chi connectivity index (χ4n) is 3.27. The van der Waals surface area contributed by atoms with Crippen LogP contribution >= 0.6 is 0 Å². The van der Waals surface area contributed by atoms with Crippen molar-refractivity contribution >= 4 is 17.6 Å². The second kappa shape index (κ2) is 5.73. The Hall–Kier alpha value is -1.87. The largest absolute Gasteiger partial charge is 0.378 e. The Labute approximate surface area is 132 Å². The number of ketones is 1. The van der Waals surface area contributed by atoms with E-state index in [4.69, 9.17) is 4.74 Å². The second-order valence-electron chi connectivity index (χ2n) is 6.43. The van der Waals surface area contributed by atoms with E-state index in [1.54, 1.807) is 7.11 Å². The first-order valence-corrected chi connectivity index (χ1v) is 7.85. The Bertz CT molecular complexity index is 637. The standard InChI is InChI=1S/C19H23NO2/c1-4-14-5-6-15-12-16(21)13-18(17(15)11-14)20-9-7-19(2,22-3)8-10-20/h4-6,11,13H,1,7-10,12H2,2-3H3. The molecule has 0 radical (unpaired) electrons. The lowest BCUT2D eigenvalue weighted by molar-refractivity contribution is -0.114. The molecule has 1 aliphatic carbocycles. The third-order valence-electron chi connectivity index (χ3n) is 4.96. The number of hydrogen-bond acceptors (Lipinski definition) is 3. The molecule has 1 heterocycles. The summed E-state index contributed by atoms with van der Waals surface area (Å²) in [6.45, 7) is 7.84. The minimum atomic E-state index is -0.0401. The van der Waals surface area contributed by atoms with Gasteiger partial charge >= 0.3 is 0 Å². The quantitative estimate of drug-likeness (QED) is 0.857. The van der Waals surface area contributed by atoms with Crippen LogP contribution in [0.25, 0.3) is 11.8 Å². The first-order chi connectivity index (χ1) is 10.5. The van der Waals surface area contributed by atoms with Crippen molar-refractivity contribution in [2.75, 3.05) is 20.2 Å². The van der Waals surface area contributed by atoms with Crippen molar-refractivity contribution in [3.63, 3.8) is 0 Å². The third-order valence-corrected chi connectivity index (χ3v) is 4.96. The topological polar surface area (TPSA) is 29.5 Å². The van der Waals surface area contributed by atoms with E-state index in [9.17, 15) is 4.79 Å². The normalized spacial score (nSPS) is 20.4. The molecule has 22 heavy (non-hydrogen) atoms. The van der Waals surface area contributed by atoms with Crippen LogP contribution in [0.2, 0.25) is 0 Å². The maximum absolute atomic E-state index is 12.1. The van der Waals surface area contributed by atoms with Gasteiger partial charge in [0, 0.05) is 44.0 Å². The van der Waals surface area contributed by atoms with E-state index in [0.717, 1.165) is 42.8 Å². The number of nitrogens with zero attached hydrogens (tertiary/aromatic N) is 1. The predicted octanol–water partition coefficient (Wildman–Crippen LogP) is 3.30. The van der Waals surface area contributed by atoms with Crippen LogP contribution in [0.3, 0.4) is 0 Å². The summed E-state index contributed by atoms with van der Waals surface area (Å²) in [4.78, 5) is 14.4. The molecule has 3 heteroatoms. The van der Waals surface area contributed by atoms with Crippen molar-refractivity contribution < 1.29 is 9.53 Å². The van der Waals surface area contributed by atoms with Gasteiger partial charge in [0.15, 0.2) is 5.78 Å². The Balaban J connectivity index is 1.91. The average Bonchev–Trinajstić information content (AvgIpc) is 2.54. The number of likely N-dealkylation sites (tertiary alicyclic amines) is 1. The lowest BCUT2D eigenvalue weighted by atomic mass is 9.88. The highest BCUT2D eigenvalue weighted by Crippen LogP contribution is 2.34. The van der Waals surface area contributed by atoms with Gasteiger partial charge in [0.2, 0.25) is 0 Å². The molecule has 0 atom stereocenters. The van der Waals surface area contributed by atoms with Gasteiger partial charge in [-0.3, -0.25) is 4.79 Å². The Morgan fingerprint density at radius 2 is 2.05 bits per heavy atom. The molecule has 1 aromatic carbocycles. The molecule has 0 bridgehead atoms. The highest BCUT2D eigenvalue weighted by atomic mass is 16.5. The van der Waals surface area contributed by atoms with Crippen molar-refractivity contribution in [1.29, 1.82) is 0 Å². The molecule has 1 saturated heterocycles. The van der Waals surface area contributed by atoms with Gasteiger partial charge < -0.3 is 9.64 Å². The maximum Gasteiger partial charge on any atom is 0.162 e. The van der Waals surface area contributed by atoms with Gasteiger partial charge in [0.25, 0.3) is 0 Å². The molecule has 0 aromatic heterocycles. The van der Waals surface area contributed by atoms with Gasteiger partial charge in [0.05, 0.1) is 5.60 Å². The minimum absolute atomic E-state index is 0.0401. The summed E-state index contributed by atoms with van der Waals surface area (Å²) in [6.07, 6.45) is 6.12. The number of allylic oxidation sites excluding steroid dienone is 1. The Kier molecular flexibility index (Phi) is 3.92. The Morgan fingerprint density at radius 1 is 1.32 bits per heavy atom. The number of benzene rings is 1. The molecule has 1 fully saturated rings. The highest BCUT2D eigenvalue weighted by Gasteiger charge is 2.32. The number of methoxy groups -OCH3 is 1. The summed E-state index contributed by atoms with van der Waals surface area (Å²) in [6, 6.07) is 6.23. The number of carbonyl (C=O) groups excluding carboxylic acids is 1. The summed E-state index contributed by atoms with van der Waals surface area (Å²) in [5.74, 6) is 0.189. The third kappa shape index (κ3) is 2.73. The van der Waals surface area contributed by atoms with Crippen molar-refractivity contribution in [2.45, 2.75) is 31.8 Å². The molecule has 0 spiro atoms. The van der Waals surface area contributed by atoms with Crippen LogP contribution in [0.5, 0.6) is 0 Å². The summed E-state index contributed by atoms with van der Waals surface area (Å²) < 4.78 is 5.62. The molecule has 116 valence electrons. The zero-order chi connectivity index (χ0) is 15.7. The fraction of sp³-hybridized carbons (Fsp3) is 0.421. The van der Waals surface area contributed by atoms with Crippen LogP contribution < -0.4 is 0 Å². The first-order valence-electron chi connectivity index (χ1n) is 7.85. The van der Waals surface area contributed by atoms with Gasteiger partial charge in [0.1, 0.15) is 0 Å². The highest BCUT2D eigenvalue weighted by molar-refractivity contribution is 6.01. The minimum Gasteiger partial charge on any atom is -0.378 e. The van der Waals surface area contributed by atoms with Crippen molar-refractivity contribution in [3.05, 3.63) is 47.5 Å². The van der Waals surface area contributed by atoms with Gasteiger partial charge in [-0.1, -0.05) is 24.8 Å². The molecule has 3 rings (SSSR count). The smallest absolute Gasteiger partial charge is 0.162 e. The fourth-order valence-corrected chi connectivity index (χ4v) is 3.27. The van der Waals surface area contributed by atoms with Gasteiger partial charge in [-0.25, -0.2) is 0 Å². The van der Waals surface area contributed by atoms with Crippen molar-refractivity contribution in [1.82, 2.24) is 4.90 Å². The molecule has 0 N–H and O–H groups in total. The van der Waals surface area contributed by atoms with Crippen LogP contribution in [0.4, 0.5) is 0 Å². The average molecular weight is 297 g/mol. The molecular formula is C19H23NO2. The lowest BCUT2D eigenvalue weighted by Crippen LogP contribution is -2.43. The number of carbonyl (C=O) groups is 1. The summed E-state index contributed by atoms with van der Waals surface area (Å²) >= 11 is 0. The first kappa shape index (κ1) is 15.0. The van der Waals surface area contributed by atoms with Crippen LogP contribution in [-0.4, -0.2) is 36.5 Å². The van der Waals surface area contributed by atoms with E-state index in [-0.39, 0.29) is 11.4 Å². The maximum atomic E-state index is 12.1. The van der Waals surface area contributed by atoms with E-state index in [1.165, 1.54) is 5.56 Å². The molecule has 0 amide bonds. The van der Waals surface area contributed by atoms with E-state index >= 15 is 0 Å². The molecule has 2 aliphatic rings. The van der Waals surface area contributed by atoms with E-state index < -0.39 is 0 Å². The van der Waals surface area contributed by atoms with Gasteiger partial charge in [-0.15, -0.1) is 0 Å².